The van der Waals surface area contributed by atoms with Crippen molar-refractivity contribution < 1.29 is 28.5 Å². The molecule has 1 fully saturated rings. The molecule has 2 bridgehead atoms. The molecule has 2 aliphatic heterocycles. The van der Waals surface area contributed by atoms with Gasteiger partial charge in [0.15, 0.2) is 17.7 Å². The lowest BCUT2D eigenvalue weighted by Gasteiger charge is -2.26. The lowest BCUT2D eigenvalue weighted by atomic mass is 10.0. The van der Waals surface area contributed by atoms with Gasteiger partial charge in [0.2, 0.25) is 0 Å². The molecule has 0 N–H and O–H groups in total. The highest BCUT2D eigenvalue weighted by Crippen LogP contribution is 2.38. The Balaban J connectivity index is 1.43. The minimum absolute atomic E-state index is 0.132. The second kappa shape index (κ2) is 10.4. The van der Waals surface area contributed by atoms with E-state index in [0.717, 1.165) is 5.56 Å². The third-order valence-electron chi connectivity index (χ3n) is 4.69. The van der Waals surface area contributed by atoms with Crippen LogP contribution in [-0.4, -0.2) is 43.0 Å². The molecule has 6 heteroatoms. The SMILES string of the molecule is CCOC(=O)CC[C@@]12C=CC(=O)[C@@H](O1)[C@@H](CC#CCCOCc1ccccc1)O2. The average Bonchev–Trinajstić information content (AvgIpc) is 3.04. The van der Waals surface area contributed by atoms with Crippen LogP contribution in [0.1, 0.15) is 38.2 Å². The Morgan fingerprint density at radius 1 is 1.21 bits per heavy atom. The van der Waals surface area contributed by atoms with Crippen LogP contribution in [0.25, 0.3) is 0 Å². The molecule has 154 valence electrons. The van der Waals surface area contributed by atoms with Gasteiger partial charge < -0.3 is 18.9 Å². The number of hydrogen-bond acceptors (Lipinski definition) is 6. The van der Waals surface area contributed by atoms with E-state index in [2.05, 4.69) is 11.8 Å². The Morgan fingerprint density at radius 2 is 2.03 bits per heavy atom. The number of fused-ring (bicyclic) bond motifs is 2. The van der Waals surface area contributed by atoms with Gasteiger partial charge in [0.25, 0.3) is 0 Å². The first kappa shape index (κ1) is 21.3. The van der Waals surface area contributed by atoms with E-state index in [-0.39, 0.29) is 18.2 Å². The molecule has 3 rings (SSSR count). The van der Waals surface area contributed by atoms with E-state index in [1.807, 2.05) is 30.3 Å². The fourth-order valence-corrected chi connectivity index (χ4v) is 3.27. The number of benzene rings is 1. The Kier molecular flexibility index (Phi) is 7.59. The average molecular weight is 398 g/mol. The number of esters is 1. The molecule has 3 atom stereocenters. The number of ketones is 1. The molecule has 0 saturated carbocycles. The smallest absolute Gasteiger partial charge is 0.305 e. The summed E-state index contributed by atoms with van der Waals surface area (Å²) in [6, 6.07) is 9.97. The molecule has 0 amide bonds. The zero-order chi connectivity index (χ0) is 20.5. The van der Waals surface area contributed by atoms with Gasteiger partial charge in [0.1, 0.15) is 6.10 Å². The summed E-state index contributed by atoms with van der Waals surface area (Å²) in [5.74, 6) is 4.62. The van der Waals surface area contributed by atoms with Crippen LogP contribution in [0.5, 0.6) is 0 Å². The highest BCUT2D eigenvalue weighted by Gasteiger charge is 2.50. The number of carbonyl (C=O) groups excluding carboxylic acids is 2. The number of rotatable bonds is 9. The van der Waals surface area contributed by atoms with Crippen molar-refractivity contribution in [2.45, 2.75) is 57.2 Å². The summed E-state index contributed by atoms with van der Waals surface area (Å²) >= 11 is 0. The van der Waals surface area contributed by atoms with Gasteiger partial charge in [-0.2, -0.15) is 0 Å². The zero-order valence-corrected chi connectivity index (χ0v) is 16.6. The van der Waals surface area contributed by atoms with Gasteiger partial charge in [-0.1, -0.05) is 30.3 Å². The first-order valence-electron chi connectivity index (χ1n) is 9.93. The maximum absolute atomic E-state index is 12.1. The van der Waals surface area contributed by atoms with Crippen molar-refractivity contribution in [3.63, 3.8) is 0 Å². The van der Waals surface area contributed by atoms with E-state index < -0.39 is 18.0 Å². The van der Waals surface area contributed by atoms with Crippen LogP contribution in [0.3, 0.4) is 0 Å². The quantitative estimate of drug-likeness (QED) is 0.362. The number of carbonyl (C=O) groups is 2. The van der Waals surface area contributed by atoms with Gasteiger partial charge in [0, 0.05) is 19.3 Å². The van der Waals surface area contributed by atoms with E-state index in [1.165, 1.54) is 6.08 Å². The highest BCUT2D eigenvalue weighted by atomic mass is 16.8. The highest BCUT2D eigenvalue weighted by molar-refractivity contribution is 5.95. The summed E-state index contributed by atoms with van der Waals surface area (Å²) in [7, 11) is 0. The minimum Gasteiger partial charge on any atom is -0.466 e. The van der Waals surface area contributed by atoms with Crippen molar-refractivity contribution in [2.75, 3.05) is 13.2 Å². The summed E-state index contributed by atoms with van der Waals surface area (Å²) in [5.41, 5.74) is 1.13. The standard InChI is InChI=1S/C23H26O6/c1-2-27-21(25)13-15-23-14-12-19(24)22(29-23)20(28-23)11-7-4-8-16-26-17-18-9-5-3-6-10-18/h3,5-6,9-10,12,14,20,22H,2,8,11,13,15-17H2,1H3/t20-,22-,23-/m1/s1. The van der Waals surface area contributed by atoms with Crippen LogP contribution in [0.4, 0.5) is 0 Å². The molecular weight excluding hydrogens is 372 g/mol. The number of ether oxygens (including phenoxy) is 4. The van der Waals surface area contributed by atoms with Crippen molar-refractivity contribution >= 4 is 11.8 Å². The van der Waals surface area contributed by atoms with Crippen molar-refractivity contribution in [3.05, 3.63) is 48.0 Å². The third kappa shape index (κ3) is 6.01. The minimum atomic E-state index is -1.05. The van der Waals surface area contributed by atoms with E-state index in [0.29, 0.717) is 39.1 Å². The first-order valence-corrected chi connectivity index (χ1v) is 9.93. The van der Waals surface area contributed by atoms with Gasteiger partial charge in [-0.15, -0.1) is 11.8 Å². The Morgan fingerprint density at radius 3 is 2.83 bits per heavy atom. The molecule has 0 unspecified atom stereocenters. The monoisotopic (exact) mass is 398 g/mol. The Hall–Kier alpha value is -2.46. The summed E-state index contributed by atoms with van der Waals surface area (Å²) in [6.07, 6.45) is 3.41. The summed E-state index contributed by atoms with van der Waals surface area (Å²) in [5, 5.41) is 0. The zero-order valence-electron chi connectivity index (χ0n) is 16.6. The van der Waals surface area contributed by atoms with Gasteiger partial charge in [-0.05, 0) is 24.6 Å². The predicted octanol–water partition coefficient (Wildman–Crippen LogP) is 2.95. The molecule has 1 aromatic carbocycles. The van der Waals surface area contributed by atoms with E-state index in [4.69, 9.17) is 18.9 Å². The lowest BCUT2D eigenvalue weighted by molar-refractivity contribution is -0.162. The number of hydrogen-bond donors (Lipinski definition) is 0. The first-order chi connectivity index (χ1) is 14.1. The van der Waals surface area contributed by atoms with Crippen molar-refractivity contribution in [2.24, 2.45) is 0 Å². The van der Waals surface area contributed by atoms with E-state index in [9.17, 15) is 9.59 Å². The van der Waals surface area contributed by atoms with Crippen LogP contribution in [0, 0.1) is 11.8 Å². The van der Waals surface area contributed by atoms with Gasteiger partial charge >= 0.3 is 5.97 Å². The summed E-state index contributed by atoms with van der Waals surface area (Å²) in [4.78, 5) is 23.7. The van der Waals surface area contributed by atoms with Gasteiger partial charge in [-0.25, -0.2) is 0 Å². The fraction of sp³-hybridized carbons (Fsp3) is 0.478. The molecule has 1 aromatic rings. The third-order valence-corrected chi connectivity index (χ3v) is 4.69. The normalized spacial score (nSPS) is 24.8. The molecule has 0 radical (unpaired) electrons. The Bertz CT molecular complexity index is 791. The molecule has 0 spiro atoms. The topological polar surface area (TPSA) is 71.1 Å². The molecule has 29 heavy (non-hydrogen) atoms. The van der Waals surface area contributed by atoms with Crippen LogP contribution in [0.15, 0.2) is 42.5 Å². The Labute approximate surface area is 171 Å². The predicted molar refractivity (Wildman–Crippen MR) is 106 cm³/mol. The fourth-order valence-electron chi connectivity index (χ4n) is 3.27. The molecule has 2 aliphatic rings. The van der Waals surface area contributed by atoms with Crippen LogP contribution in [0.2, 0.25) is 0 Å². The summed E-state index contributed by atoms with van der Waals surface area (Å²) in [6.45, 7) is 3.19. The molecular formula is C23H26O6. The second-order valence-corrected chi connectivity index (χ2v) is 6.89. The lowest BCUT2D eigenvalue weighted by Crippen LogP contribution is -2.35. The molecule has 0 aromatic heterocycles. The van der Waals surface area contributed by atoms with Crippen LogP contribution < -0.4 is 0 Å². The van der Waals surface area contributed by atoms with Crippen molar-refractivity contribution in [1.82, 2.24) is 0 Å². The van der Waals surface area contributed by atoms with Crippen LogP contribution >= 0.6 is 0 Å². The maximum Gasteiger partial charge on any atom is 0.305 e. The van der Waals surface area contributed by atoms with Crippen molar-refractivity contribution in [3.8, 4) is 11.8 Å². The van der Waals surface area contributed by atoms with Crippen LogP contribution in [-0.2, 0) is 35.1 Å². The van der Waals surface area contributed by atoms with E-state index in [1.54, 1.807) is 13.0 Å². The van der Waals surface area contributed by atoms with Gasteiger partial charge in [0.05, 0.1) is 26.2 Å². The maximum atomic E-state index is 12.1. The second-order valence-electron chi connectivity index (χ2n) is 6.89. The van der Waals surface area contributed by atoms with Crippen molar-refractivity contribution in [1.29, 1.82) is 0 Å². The van der Waals surface area contributed by atoms with E-state index >= 15 is 0 Å². The molecule has 0 aliphatic carbocycles. The molecule has 1 saturated heterocycles. The largest absolute Gasteiger partial charge is 0.466 e. The summed E-state index contributed by atoms with van der Waals surface area (Å²) < 4.78 is 22.4. The molecule has 6 nitrogen and oxygen atoms in total. The van der Waals surface area contributed by atoms with Gasteiger partial charge in [-0.3, -0.25) is 9.59 Å². The molecule has 2 heterocycles.